The molecule has 10 heteroatoms. The van der Waals surface area contributed by atoms with E-state index in [1.165, 1.54) is 38.5 Å². The second-order valence-corrected chi connectivity index (χ2v) is 10.7. The van der Waals surface area contributed by atoms with Gasteiger partial charge >= 0.3 is 0 Å². The molecule has 0 radical (unpaired) electrons. The first-order valence-electron chi connectivity index (χ1n) is 13.7. The van der Waals surface area contributed by atoms with Crippen LogP contribution in [0.15, 0.2) is 37.1 Å². The summed E-state index contributed by atoms with van der Waals surface area (Å²) in [6.07, 6.45) is 17.1. The molecule has 196 valence electrons. The van der Waals surface area contributed by atoms with Crippen LogP contribution in [0.4, 0.5) is 5.69 Å². The van der Waals surface area contributed by atoms with Crippen molar-refractivity contribution in [3.05, 3.63) is 42.6 Å². The van der Waals surface area contributed by atoms with Crippen molar-refractivity contribution in [1.29, 1.82) is 5.26 Å². The first-order chi connectivity index (χ1) is 18.6. The highest BCUT2D eigenvalue weighted by Crippen LogP contribution is 2.35. The van der Waals surface area contributed by atoms with Gasteiger partial charge in [0.05, 0.1) is 30.0 Å². The van der Waals surface area contributed by atoms with E-state index in [1.54, 1.807) is 18.6 Å². The van der Waals surface area contributed by atoms with Crippen molar-refractivity contribution < 1.29 is 4.74 Å². The van der Waals surface area contributed by atoms with E-state index in [4.69, 9.17) is 9.72 Å². The Balaban J connectivity index is 1.31. The van der Waals surface area contributed by atoms with Crippen molar-refractivity contribution in [2.75, 3.05) is 5.32 Å². The molecule has 4 aromatic heterocycles. The van der Waals surface area contributed by atoms with Crippen molar-refractivity contribution in [2.24, 2.45) is 0 Å². The molecule has 10 nitrogen and oxygen atoms in total. The summed E-state index contributed by atoms with van der Waals surface area (Å²) in [4.78, 5) is 13.6. The van der Waals surface area contributed by atoms with Gasteiger partial charge in [0.2, 0.25) is 0 Å². The zero-order chi connectivity index (χ0) is 26.1. The number of imidazole rings is 1. The molecule has 1 N–H and O–H groups in total. The number of hydrogen-bond acceptors (Lipinski definition) is 8. The quantitative estimate of drug-likeness (QED) is 0.359. The largest absolute Gasteiger partial charge is 0.382 e. The van der Waals surface area contributed by atoms with Gasteiger partial charge in [-0.1, -0.05) is 30.9 Å². The van der Waals surface area contributed by atoms with Crippen molar-refractivity contribution in [3.8, 4) is 23.1 Å². The molecular weight excluding hydrogens is 478 g/mol. The Morgan fingerprint density at radius 1 is 1.03 bits per heavy atom. The van der Waals surface area contributed by atoms with Crippen LogP contribution in [-0.4, -0.2) is 52.8 Å². The predicted octanol–water partition coefficient (Wildman–Crippen LogP) is 5.21. The van der Waals surface area contributed by atoms with E-state index in [2.05, 4.69) is 45.5 Å². The molecule has 0 saturated heterocycles. The van der Waals surface area contributed by atoms with Crippen LogP contribution in [0.5, 0.6) is 0 Å². The molecule has 2 aliphatic rings. The van der Waals surface area contributed by atoms with Crippen LogP contribution < -0.4 is 5.32 Å². The highest BCUT2D eigenvalue weighted by Gasteiger charge is 2.31. The number of ether oxygens (including phenoxy) is 1. The third-order valence-electron chi connectivity index (χ3n) is 7.56. The molecule has 0 aliphatic heterocycles. The summed E-state index contributed by atoms with van der Waals surface area (Å²) < 4.78 is 10.4. The van der Waals surface area contributed by atoms with Gasteiger partial charge in [0, 0.05) is 35.8 Å². The Labute approximate surface area is 222 Å². The lowest BCUT2D eigenvalue weighted by atomic mass is 9.92. The van der Waals surface area contributed by atoms with Gasteiger partial charge in [0.15, 0.2) is 5.65 Å². The summed E-state index contributed by atoms with van der Waals surface area (Å²) in [6.45, 7) is 4.20. The van der Waals surface area contributed by atoms with Gasteiger partial charge in [-0.3, -0.25) is 4.57 Å². The fourth-order valence-corrected chi connectivity index (χ4v) is 5.71. The van der Waals surface area contributed by atoms with Gasteiger partial charge in [0.1, 0.15) is 29.4 Å². The lowest BCUT2D eigenvalue weighted by Crippen LogP contribution is -2.33. The second-order valence-electron chi connectivity index (χ2n) is 10.7. The van der Waals surface area contributed by atoms with Crippen molar-refractivity contribution in [2.45, 2.75) is 89.5 Å². The summed E-state index contributed by atoms with van der Waals surface area (Å²) in [5, 5.41) is 21.9. The summed E-state index contributed by atoms with van der Waals surface area (Å²) in [6, 6.07) is 6.24. The van der Waals surface area contributed by atoms with Gasteiger partial charge in [0.25, 0.3) is 0 Å². The zero-order valence-corrected chi connectivity index (χ0v) is 21.9. The molecule has 6 rings (SSSR count). The maximum Gasteiger partial charge on any atom is 0.165 e. The highest BCUT2D eigenvalue weighted by atomic mass is 16.5. The number of pyridine rings is 2. The standard InChI is InChI=1S/C28H33N9O/c1-18(2)33-22-12-27(36-17-32-23-11-19(13-29)14-31-28(23)36)30-15-21(22)24-16-37(35-34-24)25-9-5-6-10-26(25)38-20-7-3-4-8-20/h11-12,14-18,20,25-26H,3-10H2,1-2H3,(H,30,33)/t25-,26-/m1/s1. The zero-order valence-electron chi connectivity index (χ0n) is 21.9. The van der Waals surface area contributed by atoms with Gasteiger partial charge in [-0.15, -0.1) is 5.10 Å². The summed E-state index contributed by atoms with van der Waals surface area (Å²) in [5.74, 6) is 0.682. The number of nitrogens with one attached hydrogen (secondary N) is 1. The molecule has 0 spiro atoms. The average molecular weight is 512 g/mol. The smallest absolute Gasteiger partial charge is 0.165 e. The van der Waals surface area contributed by atoms with Crippen LogP contribution in [-0.2, 0) is 4.74 Å². The fourth-order valence-electron chi connectivity index (χ4n) is 5.71. The van der Waals surface area contributed by atoms with Gasteiger partial charge in [-0.25, -0.2) is 19.6 Å². The number of rotatable bonds is 7. The number of anilines is 1. The number of nitriles is 1. The normalized spacial score (nSPS) is 20.3. The number of aromatic nitrogens is 7. The molecule has 4 heterocycles. The predicted molar refractivity (Wildman–Crippen MR) is 144 cm³/mol. The van der Waals surface area contributed by atoms with Crippen LogP contribution in [0, 0.1) is 11.3 Å². The Bertz CT molecular complexity index is 1460. The molecular formula is C28H33N9O. The third-order valence-corrected chi connectivity index (χ3v) is 7.56. The molecule has 0 bridgehead atoms. The minimum atomic E-state index is 0.193. The minimum Gasteiger partial charge on any atom is -0.382 e. The second kappa shape index (κ2) is 10.5. The number of hydrogen-bond donors (Lipinski definition) is 1. The lowest BCUT2D eigenvalue weighted by molar-refractivity contribution is -0.0551. The molecule has 0 aromatic carbocycles. The molecule has 0 unspecified atom stereocenters. The van der Waals surface area contributed by atoms with E-state index in [-0.39, 0.29) is 18.2 Å². The molecule has 4 aromatic rings. The Morgan fingerprint density at radius 2 is 1.84 bits per heavy atom. The van der Waals surface area contributed by atoms with Gasteiger partial charge in [-0.2, -0.15) is 5.26 Å². The summed E-state index contributed by atoms with van der Waals surface area (Å²) in [5.41, 5.74) is 4.36. The van der Waals surface area contributed by atoms with Gasteiger partial charge < -0.3 is 10.1 Å². The first kappa shape index (κ1) is 24.5. The maximum absolute atomic E-state index is 9.18. The van der Waals surface area contributed by atoms with Crippen molar-refractivity contribution in [3.63, 3.8) is 0 Å². The monoisotopic (exact) mass is 511 g/mol. The Kier molecular flexibility index (Phi) is 6.77. The Hall–Kier alpha value is -3.84. The molecule has 2 atom stereocenters. The Morgan fingerprint density at radius 3 is 2.66 bits per heavy atom. The molecule has 2 fully saturated rings. The summed E-state index contributed by atoms with van der Waals surface area (Å²) >= 11 is 0. The number of fused-ring (bicyclic) bond motifs is 1. The molecule has 2 saturated carbocycles. The van der Waals surface area contributed by atoms with E-state index in [0.717, 1.165) is 29.8 Å². The van der Waals surface area contributed by atoms with Crippen molar-refractivity contribution >= 4 is 16.9 Å². The minimum absolute atomic E-state index is 0.193. The first-order valence-corrected chi connectivity index (χ1v) is 13.7. The maximum atomic E-state index is 9.18. The fraction of sp³-hybridized carbons (Fsp3) is 0.500. The highest BCUT2D eigenvalue weighted by molar-refractivity contribution is 5.78. The molecule has 2 aliphatic carbocycles. The summed E-state index contributed by atoms with van der Waals surface area (Å²) in [7, 11) is 0. The third kappa shape index (κ3) is 4.86. The van der Waals surface area contributed by atoms with Gasteiger partial charge in [-0.05, 0) is 45.6 Å². The molecule has 38 heavy (non-hydrogen) atoms. The number of nitrogens with zero attached hydrogens (tertiary/aromatic N) is 8. The van der Waals surface area contributed by atoms with Crippen LogP contribution in [0.25, 0.3) is 28.2 Å². The SMILES string of the molecule is CC(C)Nc1cc(-n2cnc3cc(C#N)cnc32)ncc1-c1cn([C@@H]2CCCC[C@H]2OC2CCCC2)nn1. The van der Waals surface area contributed by atoms with E-state index in [1.807, 2.05) is 27.7 Å². The average Bonchev–Trinajstić information content (AvgIpc) is 3.70. The van der Waals surface area contributed by atoms with Crippen molar-refractivity contribution in [1.82, 2.24) is 34.5 Å². The van der Waals surface area contributed by atoms with Crippen LogP contribution >= 0.6 is 0 Å². The van der Waals surface area contributed by atoms with E-state index >= 15 is 0 Å². The van der Waals surface area contributed by atoms with Crippen LogP contribution in [0.2, 0.25) is 0 Å². The lowest BCUT2D eigenvalue weighted by Gasteiger charge is -2.33. The van der Waals surface area contributed by atoms with E-state index < -0.39 is 0 Å². The topological polar surface area (TPSA) is 119 Å². The van der Waals surface area contributed by atoms with E-state index in [0.29, 0.717) is 28.6 Å². The molecule has 0 amide bonds. The van der Waals surface area contributed by atoms with E-state index in [9.17, 15) is 5.26 Å². The van der Waals surface area contributed by atoms with Crippen LogP contribution in [0.1, 0.15) is 76.8 Å². The van der Waals surface area contributed by atoms with Crippen LogP contribution in [0.3, 0.4) is 0 Å².